The van der Waals surface area contributed by atoms with Gasteiger partial charge in [0.05, 0.1) is 6.54 Å². The number of aliphatic hydroxyl groups excluding tert-OH is 1. The zero-order valence-electron chi connectivity index (χ0n) is 13.1. The highest BCUT2D eigenvalue weighted by Gasteiger charge is 2.20. The van der Waals surface area contributed by atoms with Gasteiger partial charge in [0.2, 0.25) is 5.91 Å². The second-order valence-corrected chi connectivity index (χ2v) is 5.91. The highest BCUT2D eigenvalue weighted by Crippen LogP contribution is 2.21. The van der Waals surface area contributed by atoms with Crippen LogP contribution in [0.15, 0.2) is 18.2 Å². The minimum absolute atomic E-state index is 0.0569. The van der Waals surface area contributed by atoms with E-state index >= 15 is 0 Å². The molecule has 4 nitrogen and oxygen atoms in total. The summed E-state index contributed by atoms with van der Waals surface area (Å²) in [4.78, 5) is 14.4. The van der Waals surface area contributed by atoms with E-state index in [1.165, 1.54) is 5.56 Å². The normalized spacial score (nSPS) is 16.9. The maximum absolute atomic E-state index is 12.2. The molecule has 0 aromatic heterocycles. The van der Waals surface area contributed by atoms with E-state index in [0.717, 1.165) is 43.6 Å². The number of aryl methyl sites for hydroxylation is 2. The topological polar surface area (TPSA) is 52.6 Å². The van der Waals surface area contributed by atoms with Crippen molar-refractivity contribution < 1.29 is 9.90 Å². The molecule has 0 saturated carbocycles. The van der Waals surface area contributed by atoms with Gasteiger partial charge in [-0.2, -0.15) is 0 Å². The number of para-hydroxylation sites is 1. The summed E-state index contributed by atoms with van der Waals surface area (Å²) >= 11 is 0. The van der Waals surface area contributed by atoms with Gasteiger partial charge in [-0.3, -0.25) is 9.69 Å². The van der Waals surface area contributed by atoms with Crippen LogP contribution in [0.25, 0.3) is 0 Å². The summed E-state index contributed by atoms with van der Waals surface area (Å²) < 4.78 is 0. The number of benzene rings is 1. The lowest BCUT2D eigenvalue weighted by atomic mass is 9.98. The predicted octanol–water partition coefficient (Wildman–Crippen LogP) is 2.20. The fraction of sp³-hybridized carbons (Fsp3) is 0.588. The maximum atomic E-state index is 12.2. The molecule has 1 aliphatic rings. The molecular weight excluding hydrogens is 264 g/mol. The van der Waals surface area contributed by atoms with E-state index in [-0.39, 0.29) is 12.5 Å². The average Bonchev–Trinajstić information content (AvgIpc) is 2.50. The monoisotopic (exact) mass is 290 g/mol. The van der Waals surface area contributed by atoms with Gasteiger partial charge in [0.1, 0.15) is 0 Å². The van der Waals surface area contributed by atoms with E-state index in [1.807, 2.05) is 19.1 Å². The number of aliphatic hydroxyl groups is 1. The van der Waals surface area contributed by atoms with Crippen LogP contribution in [0.1, 0.15) is 30.9 Å². The van der Waals surface area contributed by atoms with Crippen LogP contribution in [0.4, 0.5) is 5.69 Å². The first-order valence-electron chi connectivity index (χ1n) is 7.85. The van der Waals surface area contributed by atoms with Crippen LogP contribution in [0.3, 0.4) is 0 Å². The van der Waals surface area contributed by atoms with E-state index < -0.39 is 0 Å². The zero-order valence-corrected chi connectivity index (χ0v) is 13.1. The summed E-state index contributed by atoms with van der Waals surface area (Å²) in [5.74, 6) is 0.467. The fourth-order valence-corrected chi connectivity index (χ4v) is 2.91. The minimum atomic E-state index is 0.0569. The third kappa shape index (κ3) is 4.29. The van der Waals surface area contributed by atoms with Gasteiger partial charge in [0, 0.05) is 12.3 Å². The van der Waals surface area contributed by atoms with Gasteiger partial charge < -0.3 is 10.4 Å². The Bertz CT molecular complexity index is 480. The average molecular weight is 290 g/mol. The molecule has 1 aromatic rings. The molecule has 0 bridgehead atoms. The van der Waals surface area contributed by atoms with Gasteiger partial charge in [-0.25, -0.2) is 0 Å². The Morgan fingerprint density at radius 3 is 2.71 bits per heavy atom. The Morgan fingerprint density at radius 2 is 2.10 bits per heavy atom. The zero-order chi connectivity index (χ0) is 15.2. The van der Waals surface area contributed by atoms with Crippen molar-refractivity contribution in [3.05, 3.63) is 29.3 Å². The molecular formula is C17H26N2O2. The van der Waals surface area contributed by atoms with E-state index in [2.05, 4.69) is 23.2 Å². The number of rotatable bonds is 5. The van der Waals surface area contributed by atoms with Crippen molar-refractivity contribution in [3.63, 3.8) is 0 Å². The van der Waals surface area contributed by atoms with Crippen LogP contribution in [-0.4, -0.2) is 42.2 Å². The molecule has 0 aliphatic carbocycles. The molecule has 1 aromatic carbocycles. The summed E-state index contributed by atoms with van der Waals surface area (Å²) in [7, 11) is 0. The lowest BCUT2D eigenvalue weighted by molar-refractivity contribution is -0.117. The molecule has 2 rings (SSSR count). The number of amides is 1. The van der Waals surface area contributed by atoms with Gasteiger partial charge in [-0.1, -0.05) is 25.1 Å². The fourth-order valence-electron chi connectivity index (χ4n) is 2.91. The van der Waals surface area contributed by atoms with Crippen molar-refractivity contribution in [2.45, 2.75) is 33.1 Å². The molecule has 0 radical (unpaired) electrons. The predicted molar refractivity (Wildman–Crippen MR) is 85.4 cm³/mol. The largest absolute Gasteiger partial charge is 0.396 e. The third-order valence-corrected chi connectivity index (χ3v) is 4.34. The number of carbonyl (C=O) groups excluding carboxylic acids is 1. The van der Waals surface area contributed by atoms with E-state index in [1.54, 1.807) is 0 Å². The molecule has 0 atom stereocenters. The lowest BCUT2D eigenvalue weighted by Crippen LogP contribution is -2.40. The smallest absolute Gasteiger partial charge is 0.238 e. The molecule has 1 saturated heterocycles. The lowest BCUT2D eigenvalue weighted by Gasteiger charge is -2.30. The van der Waals surface area contributed by atoms with Crippen molar-refractivity contribution in [2.24, 2.45) is 5.92 Å². The quantitative estimate of drug-likeness (QED) is 0.874. The highest BCUT2D eigenvalue weighted by atomic mass is 16.3. The van der Waals surface area contributed by atoms with Crippen molar-refractivity contribution in [2.75, 3.05) is 31.6 Å². The Hall–Kier alpha value is -1.39. The number of likely N-dealkylation sites (tertiary alicyclic amines) is 1. The van der Waals surface area contributed by atoms with E-state index in [9.17, 15) is 4.79 Å². The molecule has 4 heteroatoms. The molecule has 1 heterocycles. The Morgan fingerprint density at radius 1 is 1.38 bits per heavy atom. The number of hydrogen-bond donors (Lipinski definition) is 2. The third-order valence-electron chi connectivity index (χ3n) is 4.34. The number of hydrogen-bond acceptors (Lipinski definition) is 3. The summed E-state index contributed by atoms with van der Waals surface area (Å²) in [6.45, 7) is 6.63. The summed E-state index contributed by atoms with van der Waals surface area (Å²) in [6.07, 6.45) is 2.88. The molecule has 0 unspecified atom stereocenters. The standard InChI is InChI=1S/C17H26N2O2/c1-3-15-6-4-5-13(2)17(15)18-16(21)11-19-9-7-14(12-20)8-10-19/h4-6,14,20H,3,7-12H2,1-2H3,(H,18,21). The number of nitrogens with one attached hydrogen (secondary N) is 1. The summed E-state index contributed by atoms with van der Waals surface area (Å²) in [5.41, 5.74) is 3.26. The number of carbonyl (C=O) groups is 1. The van der Waals surface area contributed by atoms with Gasteiger partial charge in [-0.15, -0.1) is 0 Å². The Balaban J connectivity index is 1.91. The number of nitrogens with zero attached hydrogens (tertiary/aromatic N) is 1. The van der Waals surface area contributed by atoms with Crippen molar-refractivity contribution in [1.82, 2.24) is 4.90 Å². The molecule has 116 valence electrons. The van der Waals surface area contributed by atoms with Gasteiger partial charge in [-0.05, 0) is 56.3 Å². The molecule has 1 fully saturated rings. The van der Waals surface area contributed by atoms with Crippen molar-refractivity contribution in [1.29, 1.82) is 0 Å². The number of piperidine rings is 1. The van der Waals surface area contributed by atoms with Crippen LogP contribution >= 0.6 is 0 Å². The highest BCUT2D eigenvalue weighted by molar-refractivity contribution is 5.93. The van der Waals surface area contributed by atoms with Crippen LogP contribution in [0, 0.1) is 12.8 Å². The summed E-state index contributed by atoms with van der Waals surface area (Å²) in [6, 6.07) is 6.13. The first-order chi connectivity index (χ1) is 10.1. The van der Waals surface area contributed by atoms with Gasteiger partial charge in [0.25, 0.3) is 0 Å². The minimum Gasteiger partial charge on any atom is -0.396 e. The van der Waals surface area contributed by atoms with Crippen LogP contribution in [0.2, 0.25) is 0 Å². The van der Waals surface area contributed by atoms with Gasteiger partial charge in [0.15, 0.2) is 0 Å². The summed E-state index contributed by atoms with van der Waals surface area (Å²) in [5, 5.41) is 12.2. The first kappa shape index (κ1) is 16.0. The molecule has 1 amide bonds. The number of anilines is 1. The van der Waals surface area contributed by atoms with Crippen molar-refractivity contribution >= 4 is 11.6 Å². The van der Waals surface area contributed by atoms with E-state index in [4.69, 9.17) is 5.11 Å². The first-order valence-corrected chi connectivity index (χ1v) is 7.85. The second-order valence-electron chi connectivity index (χ2n) is 5.91. The molecule has 1 aliphatic heterocycles. The van der Waals surface area contributed by atoms with E-state index in [0.29, 0.717) is 12.5 Å². The Labute approximate surface area is 127 Å². The van der Waals surface area contributed by atoms with Crippen LogP contribution in [0.5, 0.6) is 0 Å². The van der Waals surface area contributed by atoms with Crippen molar-refractivity contribution in [3.8, 4) is 0 Å². The van der Waals surface area contributed by atoms with Crippen LogP contribution < -0.4 is 5.32 Å². The maximum Gasteiger partial charge on any atom is 0.238 e. The Kier molecular flexibility index (Phi) is 5.76. The van der Waals surface area contributed by atoms with Gasteiger partial charge >= 0.3 is 0 Å². The second kappa shape index (κ2) is 7.57. The van der Waals surface area contributed by atoms with Crippen LogP contribution in [-0.2, 0) is 11.2 Å². The molecule has 2 N–H and O–H groups in total. The molecule has 21 heavy (non-hydrogen) atoms. The SMILES string of the molecule is CCc1cccc(C)c1NC(=O)CN1CCC(CO)CC1. The molecule has 0 spiro atoms.